The van der Waals surface area contributed by atoms with E-state index in [0.717, 1.165) is 43.4 Å². The number of hydrogen-bond acceptors (Lipinski definition) is 7. The van der Waals surface area contributed by atoms with Gasteiger partial charge in [0.25, 0.3) is 0 Å². The largest absolute Gasteiger partial charge is 0.497 e. The summed E-state index contributed by atoms with van der Waals surface area (Å²) in [5, 5.41) is 0.120. The Morgan fingerprint density at radius 2 is 1.56 bits per heavy atom. The van der Waals surface area contributed by atoms with Gasteiger partial charge in [0.15, 0.2) is 22.4 Å². The van der Waals surface area contributed by atoms with E-state index in [2.05, 4.69) is 105 Å². The minimum atomic E-state index is -2.20. The third kappa shape index (κ3) is 11.8. The number of benzene rings is 1. The van der Waals surface area contributed by atoms with Crippen molar-refractivity contribution in [1.82, 2.24) is 0 Å². The fourth-order valence-electron chi connectivity index (χ4n) is 7.98. The third-order valence-electron chi connectivity index (χ3n) is 13.7. The maximum Gasteiger partial charge on any atom is 0.192 e. The zero-order valence-electron chi connectivity index (χ0n) is 37.3. The first kappa shape index (κ1) is 46.1. The molecule has 0 amide bonds. The predicted octanol–water partition coefficient (Wildman–Crippen LogP) is 11.8. The van der Waals surface area contributed by atoms with E-state index in [-0.39, 0.29) is 40.0 Å². The van der Waals surface area contributed by atoms with Gasteiger partial charge in [-0.1, -0.05) is 84.7 Å². The minimum Gasteiger partial charge on any atom is -0.497 e. The molecule has 1 saturated heterocycles. The predicted molar refractivity (Wildman–Crippen MR) is 231 cm³/mol. The highest BCUT2D eigenvalue weighted by atomic mass is 28.4. The number of Topliss-reactive ketones (excluding diaryl/α,β-unsaturated/α-hetero) is 1. The molecule has 9 heteroatoms. The van der Waals surface area contributed by atoms with E-state index < -0.39 is 27.8 Å². The average molecular weight is 799 g/mol. The Balaban J connectivity index is 1.80. The summed E-state index contributed by atoms with van der Waals surface area (Å²) in [7, 11) is -2.59. The summed E-state index contributed by atoms with van der Waals surface area (Å²) < 4.78 is 39.8. The fraction of sp³-hybridized carbons (Fsp3) is 0.761. The summed E-state index contributed by atoms with van der Waals surface area (Å²) >= 11 is 0. The Kier molecular flexibility index (Phi) is 15.5. The molecule has 0 radical (unpaired) electrons. The van der Waals surface area contributed by atoms with Crippen molar-refractivity contribution in [2.45, 2.75) is 175 Å². The molecule has 312 valence electrons. The molecule has 55 heavy (non-hydrogen) atoms. The molecular formula is C46H78O7Si2. The highest BCUT2D eigenvalue weighted by molar-refractivity contribution is 6.74. The van der Waals surface area contributed by atoms with Crippen molar-refractivity contribution in [3.8, 4) is 5.75 Å². The van der Waals surface area contributed by atoms with Crippen molar-refractivity contribution in [2.24, 2.45) is 23.2 Å². The molecule has 2 bridgehead atoms. The molecule has 0 aromatic heterocycles. The second-order valence-corrected chi connectivity index (χ2v) is 29.9. The number of ketones is 1. The number of hydrogen-bond donors (Lipinski definition) is 0. The number of carbonyl (C=O) groups is 1. The lowest BCUT2D eigenvalue weighted by Gasteiger charge is -2.50. The molecule has 2 aliphatic carbocycles. The number of methoxy groups -OCH3 is 1. The van der Waals surface area contributed by atoms with Gasteiger partial charge in [-0.3, -0.25) is 4.79 Å². The summed E-state index contributed by atoms with van der Waals surface area (Å²) in [6.07, 6.45) is 14.0. The summed E-state index contributed by atoms with van der Waals surface area (Å²) in [6, 6.07) is 8.07. The Hall–Kier alpha value is -1.60. The molecule has 5 atom stereocenters. The van der Waals surface area contributed by atoms with E-state index in [1.165, 1.54) is 12.0 Å². The molecule has 4 rings (SSSR count). The van der Waals surface area contributed by atoms with E-state index in [4.69, 9.17) is 27.8 Å². The minimum absolute atomic E-state index is 0.0392. The summed E-state index contributed by atoms with van der Waals surface area (Å²) in [5.74, 6) is 0.415. The first-order chi connectivity index (χ1) is 25.5. The van der Waals surface area contributed by atoms with Gasteiger partial charge in [0.05, 0.1) is 51.7 Å². The van der Waals surface area contributed by atoms with Gasteiger partial charge in [-0.05, 0) is 124 Å². The molecule has 1 aromatic rings. The SMILES string of the molecule is C/C=C/CCCCC[C@@H]1C=C2[C@H](OCc3ccc(OC)cc3)[C@H](C(=O)CCC23COC(C)(C)OC3)[C@H]1C[C@@H](CO[Si](C)(C)C(C)(C)C)O[Si](C)(C)C(C)(C)C. The lowest BCUT2D eigenvalue weighted by Crippen LogP contribution is -2.53. The van der Waals surface area contributed by atoms with Crippen molar-refractivity contribution in [2.75, 3.05) is 26.9 Å². The van der Waals surface area contributed by atoms with Crippen LogP contribution in [0.4, 0.5) is 0 Å². The molecular weight excluding hydrogens is 721 g/mol. The molecule has 3 aliphatic rings. The second-order valence-electron chi connectivity index (χ2n) is 20.3. The second kappa shape index (κ2) is 18.5. The van der Waals surface area contributed by atoms with Gasteiger partial charge in [-0.15, -0.1) is 0 Å². The van der Waals surface area contributed by atoms with Gasteiger partial charge >= 0.3 is 0 Å². The Bertz CT molecular complexity index is 1440. The fourth-order valence-corrected chi connectivity index (χ4v) is 10.4. The van der Waals surface area contributed by atoms with E-state index in [1.807, 2.05) is 26.0 Å². The van der Waals surface area contributed by atoms with Gasteiger partial charge in [-0.2, -0.15) is 0 Å². The third-order valence-corrected chi connectivity index (χ3v) is 22.8. The smallest absolute Gasteiger partial charge is 0.192 e. The molecule has 1 aromatic carbocycles. The maximum atomic E-state index is 14.9. The van der Waals surface area contributed by atoms with Crippen LogP contribution >= 0.6 is 0 Å². The summed E-state index contributed by atoms with van der Waals surface area (Å²) in [5.41, 5.74) is 1.85. The Morgan fingerprint density at radius 1 is 0.927 bits per heavy atom. The first-order valence-electron chi connectivity index (χ1n) is 21.2. The quantitative estimate of drug-likeness (QED) is 0.0883. The van der Waals surface area contributed by atoms with Crippen LogP contribution in [0.2, 0.25) is 36.3 Å². The first-order valence-corrected chi connectivity index (χ1v) is 27.1. The van der Waals surface area contributed by atoms with Crippen molar-refractivity contribution < 1.29 is 32.6 Å². The molecule has 2 fully saturated rings. The summed E-state index contributed by atoms with van der Waals surface area (Å²) in [6.45, 7) is 31.2. The van der Waals surface area contributed by atoms with Crippen LogP contribution in [-0.2, 0) is 34.5 Å². The van der Waals surface area contributed by atoms with Crippen molar-refractivity contribution in [3.63, 3.8) is 0 Å². The van der Waals surface area contributed by atoms with E-state index in [0.29, 0.717) is 45.1 Å². The Morgan fingerprint density at radius 3 is 2.15 bits per heavy atom. The molecule has 0 unspecified atom stereocenters. The van der Waals surface area contributed by atoms with Crippen LogP contribution < -0.4 is 4.74 Å². The standard InChI is InChI=1S/C46H78O7Si2/c1-15-16-17-18-19-20-21-35-28-39-42(49-30-34-22-24-36(48-10)25-23-34)41(40(47)26-27-46(39)32-50-45(8,9)51-33-46)38(35)29-37(53-55(13,14)44(5,6)7)31-52-54(11,12)43(2,3)4/h15-16,22-25,28,35,37-38,41-42H,17-21,26-27,29-33H2,1-14H3/b16-15+/t35-,37+,38+,41+,42+/m1/s1. The van der Waals surface area contributed by atoms with Gasteiger partial charge in [-0.25, -0.2) is 0 Å². The van der Waals surface area contributed by atoms with E-state index in [1.54, 1.807) is 7.11 Å². The molecule has 0 N–H and O–H groups in total. The number of rotatable bonds is 17. The van der Waals surface area contributed by atoms with Crippen molar-refractivity contribution in [1.29, 1.82) is 0 Å². The number of unbranched alkanes of at least 4 members (excludes halogenated alkanes) is 3. The van der Waals surface area contributed by atoms with Gasteiger partial charge in [0.2, 0.25) is 0 Å². The van der Waals surface area contributed by atoms with Crippen molar-refractivity contribution >= 4 is 22.4 Å². The number of fused-ring (bicyclic) bond motifs is 3. The van der Waals surface area contributed by atoms with Crippen LogP contribution in [0, 0.1) is 23.2 Å². The average Bonchev–Trinajstić information content (AvgIpc) is 3.17. The van der Waals surface area contributed by atoms with Crippen LogP contribution in [0.15, 0.2) is 48.1 Å². The number of carbonyl (C=O) groups excluding carboxylic acids is 1. The highest BCUT2D eigenvalue weighted by Gasteiger charge is 2.55. The molecule has 1 heterocycles. The molecule has 7 nitrogen and oxygen atoms in total. The number of allylic oxidation sites excluding steroid dienone is 3. The van der Waals surface area contributed by atoms with E-state index >= 15 is 0 Å². The van der Waals surface area contributed by atoms with Gasteiger partial charge in [0.1, 0.15) is 11.5 Å². The number of ether oxygens (including phenoxy) is 4. The zero-order valence-corrected chi connectivity index (χ0v) is 39.3. The maximum absolute atomic E-state index is 14.9. The lowest BCUT2D eigenvalue weighted by atomic mass is 9.63. The van der Waals surface area contributed by atoms with Crippen LogP contribution in [-0.4, -0.2) is 67.3 Å². The normalized spacial score (nSPS) is 25.2. The lowest BCUT2D eigenvalue weighted by molar-refractivity contribution is -0.281. The molecule has 1 aliphatic heterocycles. The molecule has 1 saturated carbocycles. The van der Waals surface area contributed by atoms with Crippen LogP contribution in [0.25, 0.3) is 0 Å². The van der Waals surface area contributed by atoms with Gasteiger partial charge < -0.3 is 27.8 Å². The van der Waals surface area contributed by atoms with Crippen molar-refractivity contribution in [3.05, 3.63) is 53.6 Å². The highest BCUT2D eigenvalue weighted by Crippen LogP contribution is 2.54. The topological polar surface area (TPSA) is 72.5 Å². The van der Waals surface area contributed by atoms with Gasteiger partial charge in [0, 0.05) is 11.8 Å². The summed E-state index contributed by atoms with van der Waals surface area (Å²) in [4.78, 5) is 14.9. The van der Waals surface area contributed by atoms with Crippen LogP contribution in [0.3, 0.4) is 0 Å². The zero-order chi connectivity index (χ0) is 40.9. The monoisotopic (exact) mass is 799 g/mol. The van der Waals surface area contributed by atoms with Crippen LogP contribution in [0.1, 0.15) is 119 Å². The molecule has 1 spiro atoms. The van der Waals surface area contributed by atoms with Crippen LogP contribution in [0.5, 0.6) is 5.75 Å². The van der Waals surface area contributed by atoms with E-state index in [9.17, 15) is 4.79 Å². The Labute approximate surface area is 337 Å².